The van der Waals surface area contributed by atoms with Gasteiger partial charge in [-0.15, -0.1) is 0 Å². The Balaban J connectivity index is 1.60. The number of primary amides is 1. The Morgan fingerprint density at radius 3 is 2.43 bits per heavy atom. The van der Waals surface area contributed by atoms with Crippen LogP contribution in [0.2, 0.25) is 0 Å². The predicted molar refractivity (Wildman–Crippen MR) is 83.2 cm³/mol. The molecule has 3 fully saturated rings. The molecule has 7 heteroatoms. The van der Waals surface area contributed by atoms with Gasteiger partial charge in [-0.2, -0.15) is 0 Å². The summed E-state index contributed by atoms with van der Waals surface area (Å²) in [6, 6.07) is -0.255. The van der Waals surface area contributed by atoms with Gasteiger partial charge in [0.05, 0.1) is 13.1 Å². The quantitative estimate of drug-likeness (QED) is 0.595. The molecule has 2 aliphatic heterocycles. The second-order valence-electron chi connectivity index (χ2n) is 7.51. The van der Waals surface area contributed by atoms with Crippen LogP contribution in [0.15, 0.2) is 0 Å². The maximum atomic E-state index is 12.8. The minimum absolute atomic E-state index is 0.0566. The fraction of sp³-hybridized carbons (Fsp3) is 0.812. The number of amides is 4. The molecule has 7 nitrogen and oxygen atoms in total. The number of rotatable bonds is 3. The van der Waals surface area contributed by atoms with Gasteiger partial charge >= 0.3 is 6.03 Å². The summed E-state index contributed by atoms with van der Waals surface area (Å²) in [6.07, 6.45) is 4.92. The minimum Gasteiger partial charge on any atom is -0.369 e. The maximum absolute atomic E-state index is 12.8. The average molecular weight is 323 g/mol. The fourth-order valence-electron chi connectivity index (χ4n) is 4.11. The third-order valence-electron chi connectivity index (χ3n) is 5.85. The van der Waals surface area contributed by atoms with E-state index in [0.717, 1.165) is 51.6 Å². The lowest BCUT2D eigenvalue weighted by Crippen LogP contribution is -3.14. The van der Waals surface area contributed by atoms with Crippen molar-refractivity contribution in [1.29, 1.82) is 0 Å². The summed E-state index contributed by atoms with van der Waals surface area (Å²) >= 11 is 0. The molecule has 1 saturated carbocycles. The van der Waals surface area contributed by atoms with Gasteiger partial charge in [0.2, 0.25) is 5.91 Å². The van der Waals surface area contributed by atoms with Crippen molar-refractivity contribution in [2.75, 3.05) is 19.8 Å². The summed E-state index contributed by atoms with van der Waals surface area (Å²) in [6.45, 7) is 4.13. The molecule has 23 heavy (non-hydrogen) atoms. The Hall–Kier alpha value is -1.63. The van der Waals surface area contributed by atoms with E-state index in [-0.39, 0.29) is 23.8 Å². The highest BCUT2D eigenvalue weighted by atomic mass is 16.2. The summed E-state index contributed by atoms with van der Waals surface area (Å²) in [5.41, 5.74) is 4.69. The van der Waals surface area contributed by atoms with E-state index in [4.69, 9.17) is 5.73 Å². The molecule has 3 rings (SSSR count). The number of imide groups is 1. The normalized spacial score (nSPS) is 38.0. The van der Waals surface area contributed by atoms with Gasteiger partial charge in [-0.25, -0.2) is 9.69 Å². The van der Waals surface area contributed by atoms with Gasteiger partial charge in [0.1, 0.15) is 5.54 Å². The number of quaternary nitrogens is 1. The van der Waals surface area contributed by atoms with Crippen molar-refractivity contribution in [3.63, 3.8) is 0 Å². The van der Waals surface area contributed by atoms with Gasteiger partial charge < -0.3 is 16.0 Å². The summed E-state index contributed by atoms with van der Waals surface area (Å²) < 4.78 is 0. The van der Waals surface area contributed by atoms with Crippen molar-refractivity contribution in [2.24, 2.45) is 17.6 Å². The van der Waals surface area contributed by atoms with E-state index in [0.29, 0.717) is 12.6 Å². The van der Waals surface area contributed by atoms with Crippen LogP contribution in [-0.4, -0.2) is 48.0 Å². The van der Waals surface area contributed by atoms with Gasteiger partial charge in [0.25, 0.3) is 5.91 Å². The highest BCUT2D eigenvalue weighted by Gasteiger charge is 2.53. The fourth-order valence-corrected chi connectivity index (χ4v) is 4.11. The molecule has 0 aromatic carbocycles. The Labute approximate surface area is 136 Å². The van der Waals surface area contributed by atoms with E-state index in [9.17, 15) is 14.4 Å². The molecular formula is C16H27N4O3+. The third-order valence-corrected chi connectivity index (χ3v) is 5.85. The van der Waals surface area contributed by atoms with E-state index < -0.39 is 5.54 Å². The summed E-state index contributed by atoms with van der Waals surface area (Å²) in [4.78, 5) is 38.9. The van der Waals surface area contributed by atoms with Crippen LogP contribution in [0.4, 0.5) is 4.79 Å². The van der Waals surface area contributed by atoms with Crippen LogP contribution < -0.4 is 16.0 Å². The number of carbonyl (C=O) groups is 3. The molecule has 0 radical (unpaired) electrons. The highest BCUT2D eigenvalue weighted by Crippen LogP contribution is 2.35. The second-order valence-corrected chi connectivity index (χ2v) is 7.51. The van der Waals surface area contributed by atoms with E-state index in [2.05, 4.69) is 12.2 Å². The van der Waals surface area contributed by atoms with E-state index in [1.807, 2.05) is 0 Å². The van der Waals surface area contributed by atoms with Gasteiger partial charge in [-0.3, -0.25) is 9.59 Å². The van der Waals surface area contributed by atoms with E-state index in [1.54, 1.807) is 0 Å². The molecule has 4 N–H and O–H groups in total. The largest absolute Gasteiger partial charge is 0.369 e. The molecule has 1 spiro atoms. The Bertz CT molecular complexity index is 505. The number of nitrogens with one attached hydrogen (secondary N) is 2. The predicted octanol–water partition coefficient (Wildman–Crippen LogP) is -0.775. The lowest BCUT2D eigenvalue weighted by molar-refractivity contribution is -0.912. The van der Waals surface area contributed by atoms with Crippen LogP contribution in [0.3, 0.4) is 0 Å². The first-order valence-electron chi connectivity index (χ1n) is 8.68. The van der Waals surface area contributed by atoms with Gasteiger partial charge in [0, 0.05) is 18.8 Å². The second kappa shape index (κ2) is 6.11. The van der Waals surface area contributed by atoms with Crippen LogP contribution in [0.1, 0.15) is 45.4 Å². The van der Waals surface area contributed by atoms with Gasteiger partial charge in [-0.05, 0) is 31.6 Å². The Morgan fingerprint density at radius 1 is 1.26 bits per heavy atom. The molecule has 128 valence electrons. The molecule has 4 amide bonds. The van der Waals surface area contributed by atoms with Gasteiger partial charge in [0.15, 0.2) is 6.67 Å². The zero-order chi connectivity index (χ0) is 16.6. The van der Waals surface area contributed by atoms with Crippen molar-refractivity contribution < 1.29 is 19.3 Å². The van der Waals surface area contributed by atoms with Crippen LogP contribution in [-0.2, 0) is 9.59 Å². The Kier molecular flexibility index (Phi) is 4.31. The molecular weight excluding hydrogens is 296 g/mol. The molecule has 0 atom stereocenters. The van der Waals surface area contributed by atoms with Crippen molar-refractivity contribution in [2.45, 2.75) is 51.0 Å². The zero-order valence-corrected chi connectivity index (χ0v) is 13.8. The molecule has 1 aliphatic carbocycles. The number of nitrogens with zero attached hydrogens (tertiary/aromatic N) is 1. The molecule has 0 unspecified atom stereocenters. The van der Waals surface area contributed by atoms with Crippen LogP contribution in [0, 0.1) is 11.8 Å². The van der Waals surface area contributed by atoms with Crippen LogP contribution in [0.25, 0.3) is 0 Å². The topological polar surface area (TPSA) is 96.9 Å². The first kappa shape index (κ1) is 16.2. The number of urea groups is 1. The summed E-state index contributed by atoms with van der Waals surface area (Å²) in [5.74, 6) is 0.263. The van der Waals surface area contributed by atoms with Crippen molar-refractivity contribution in [3.8, 4) is 0 Å². The van der Waals surface area contributed by atoms with Crippen molar-refractivity contribution in [1.82, 2.24) is 10.2 Å². The summed E-state index contributed by atoms with van der Waals surface area (Å²) in [5, 5.41) is 2.96. The number of hydrogen-bond acceptors (Lipinski definition) is 3. The number of hydrogen-bond donors (Lipinski definition) is 3. The average Bonchev–Trinajstić information content (AvgIpc) is 2.75. The Morgan fingerprint density at radius 2 is 1.87 bits per heavy atom. The minimum atomic E-state index is -0.658. The van der Waals surface area contributed by atoms with E-state index in [1.165, 1.54) is 9.80 Å². The molecule has 2 heterocycles. The van der Waals surface area contributed by atoms with Crippen molar-refractivity contribution in [3.05, 3.63) is 0 Å². The third kappa shape index (κ3) is 3.06. The number of likely N-dealkylation sites (tertiary alicyclic amines) is 1. The number of piperidine rings is 1. The summed E-state index contributed by atoms with van der Waals surface area (Å²) in [7, 11) is 0. The van der Waals surface area contributed by atoms with E-state index >= 15 is 0 Å². The van der Waals surface area contributed by atoms with Crippen LogP contribution in [0.5, 0.6) is 0 Å². The highest BCUT2D eigenvalue weighted by molar-refractivity contribution is 6.06. The molecule has 0 aromatic rings. The number of nitrogens with two attached hydrogens (primary N) is 1. The standard InChI is InChI=1S/C16H26N4O3/c1-11-2-6-16(7-3-11)14(22)20(15(23)18-16)10-19-8-4-12(5-9-19)13(17)21/h11-12H,2-10H2,1H3,(H2,17,21)(H,18,23)/p+1. The van der Waals surface area contributed by atoms with Crippen molar-refractivity contribution >= 4 is 17.8 Å². The first-order valence-corrected chi connectivity index (χ1v) is 8.68. The molecule has 0 aromatic heterocycles. The monoisotopic (exact) mass is 323 g/mol. The first-order chi connectivity index (χ1) is 10.9. The molecule has 3 aliphatic rings. The zero-order valence-electron chi connectivity index (χ0n) is 13.8. The molecule has 0 bridgehead atoms. The smallest absolute Gasteiger partial charge is 0.329 e. The lowest BCUT2D eigenvalue weighted by Gasteiger charge is -2.34. The lowest BCUT2D eigenvalue weighted by atomic mass is 9.77. The van der Waals surface area contributed by atoms with Gasteiger partial charge in [-0.1, -0.05) is 6.92 Å². The van der Waals surface area contributed by atoms with Crippen LogP contribution >= 0.6 is 0 Å². The maximum Gasteiger partial charge on any atom is 0.329 e. The number of carbonyl (C=O) groups excluding carboxylic acids is 3. The molecule has 2 saturated heterocycles. The SMILES string of the molecule is CC1CCC2(CC1)NC(=O)N(C[NH+]1CCC(C(N)=O)CC1)C2=O.